The molecule has 0 saturated carbocycles. The molecule has 0 bridgehead atoms. The zero-order valence-electron chi connectivity index (χ0n) is 7.55. The number of hydrogen-bond acceptors (Lipinski definition) is 5. The number of anilines is 1. The summed E-state index contributed by atoms with van der Waals surface area (Å²) in [5, 5.41) is 11.2. The molecule has 1 aromatic carbocycles. The highest BCUT2D eigenvalue weighted by molar-refractivity contribution is 7.09. The second-order valence-electron chi connectivity index (χ2n) is 2.83. The van der Waals surface area contributed by atoms with Crippen molar-refractivity contribution in [2.75, 3.05) is 11.9 Å². The fourth-order valence-electron chi connectivity index (χ4n) is 1.16. The van der Waals surface area contributed by atoms with E-state index in [9.17, 15) is 0 Å². The Morgan fingerprint density at radius 1 is 1.21 bits per heavy atom. The topological polar surface area (TPSA) is 50.7 Å². The third kappa shape index (κ3) is 2.50. The molecule has 4 nitrogen and oxygen atoms in total. The molecule has 0 saturated heterocycles. The predicted octanol–water partition coefficient (Wildman–Crippen LogP) is 1.59. The van der Waals surface area contributed by atoms with Crippen LogP contribution in [0.5, 0.6) is 0 Å². The molecule has 0 aliphatic rings. The van der Waals surface area contributed by atoms with Crippen molar-refractivity contribution >= 4 is 16.7 Å². The summed E-state index contributed by atoms with van der Waals surface area (Å²) in [5.74, 6) is 0. The van der Waals surface area contributed by atoms with Crippen LogP contribution in [-0.4, -0.2) is 21.3 Å². The molecule has 2 aromatic rings. The number of rotatable bonds is 4. The van der Waals surface area contributed by atoms with Crippen molar-refractivity contribution in [3.8, 4) is 0 Å². The number of nitrogens with one attached hydrogen (secondary N) is 1. The average Bonchev–Trinajstić information content (AvgIpc) is 2.72. The molecule has 2 rings (SSSR count). The van der Waals surface area contributed by atoms with E-state index in [0.717, 1.165) is 18.1 Å². The summed E-state index contributed by atoms with van der Waals surface area (Å²) in [5.41, 5.74) is 1.32. The van der Waals surface area contributed by atoms with Crippen LogP contribution < -0.4 is 5.32 Å². The van der Waals surface area contributed by atoms with Crippen molar-refractivity contribution in [3.63, 3.8) is 0 Å². The van der Waals surface area contributed by atoms with Gasteiger partial charge in [0, 0.05) is 18.1 Å². The lowest BCUT2D eigenvalue weighted by Gasteiger charge is -2.00. The van der Waals surface area contributed by atoms with Crippen LogP contribution in [0.1, 0.15) is 5.56 Å². The van der Waals surface area contributed by atoms with Crippen LogP contribution in [0.25, 0.3) is 0 Å². The van der Waals surface area contributed by atoms with Crippen LogP contribution in [0, 0.1) is 0 Å². The summed E-state index contributed by atoms with van der Waals surface area (Å²) in [6.45, 7) is 0.862. The molecule has 0 atom stereocenters. The third-order valence-corrected chi connectivity index (χ3v) is 2.39. The van der Waals surface area contributed by atoms with E-state index < -0.39 is 0 Å². The minimum atomic E-state index is 0.779. The molecule has 0 radical (unpaired) electrons. The van der Waals surface area contributed by atoms with Crippen molar-refractivity contribution in [2.45, 2.75) is 6.42 Å². The van der Waals surface area contributed by atoms with Gasteiger partial charge in [-0.2, -0.15) is 0 Å². The third-order valence-electron chi connectivity index (χ3n) is 1.83. The Morgan fingerprint density at radius 2 is 2.07 bits per heavy atom. The van der Waals surface area contributed by atoms with Gasteiger partial charge in [0.15, 0.2) is 0 Å². The molecule has 0 amide bonds. The predicted molar refractivity (Wildman–Crippen MR) is 56.3 cm³/mol. The van der Waals surface area contributed by atoms with Gasteiger partial charge in [0.2, 0.25) is 5.13 Å². The molecule has 0 spiro atoms. The van der Waals surface area contributed by atoms with E-state index in [0.29, 0.717) is 0 Å². The van der Waals surface area contributed by atoms with Gasteiger partial charge in [0.1, 0.15) is 0 Å². The summed E-state index contributed by atoms with van der Waals surface area (Å²) in [7, 11) is 0. The van der Waals surface area contributed by atoms with Crippen molar-refractivity contribution in [3.05, 3.63) is 35.9 Å². The van der Waals surface area contributed by atoms with Gasteiger partial charge in [0.25, 0.3) is 0 Å². The fraction of sp³-hybridized carbons (Fsp3) is 0.222. The van der Waals surface area contributed by atoms with Crippen molar-refractivity contribution in [1.29, 1.82) is 0 Å². The van der Waals surface area contributed by atoms with Gasteiger partial charge < -0.3 is 5.32 Å². The minimum Gasteiger partial charge on any atom is -0.359 e. The summed E-state index contributed by atoms with van der Waals surface area (Å²) in [6.07, 6.45) is 0.987. The molecule has 1 aromatic heterocycles. The monoisotopic (exact) mass is 206 g/mol. The Labute approximate surface area is 86.1 Å². The van der Waals surface area contributed by atoms with Crippen LogP contribution in [0.4, 0.5) is 5.13 Å². The average molecular weight is 206 g/mol. The molecule has 14 heavy (non-hydrogen) atoms. The molecule has 0 fully saturated rings. The molecule has 1 N–H and O–H groups in total. The van der Waals surface area contributed by atoms with E-state index in [1.807, 2.05) is 18.2 Å². The maximum Gasteiger partial charge on any atom is 0.225 e. The zero-order valence-corrected chi connectivity index (χ0v) is 8.37. The summed E-state index contributed by atoms with van der Waals surface area (Å²) in [6, 6.07) is 10.3. The van der Waals surface area contributed by atoms with Gasteiger partial charge in [0.05, 0.1) is 0 Å². The smallest absolute Gasteiger partial charge is 0.225 e. The first-order chi connectivity index (χ1) is 6.95. The minimum absolute atomic E-state index is 0.779. The Hall–Kier alpha value is -1.49. The van der Waals surface area contributed by atoms with E-state index in [-0.39, 0.29) is 0 Å². The molecule has 0 aliphatic carbocycles. The summed E-state index contributed by atoms with van der Waals surface area (Å²) >= 11 is 1.27. The largest absolute Gasteiger partial charge is 0.359 e. The number of aromatic nitrogens is 3. The molecule has 1 heterocycles. The number of benzene rings is 1. The molecule has 0 unspecified atom stereocenters. The van der Waals surface area contributed by atoms with Gasteiger partial charge in [-0.3, -0.25) is 0 Å². The summed E-state index contributed by atoms with van der Waals surface area (Å²) in [4.78, 5) is 0. The van der Waals surface area contributed by atoms with Crippen LogP contribution in [0.3, 0.4) is 0 Å². The van der Waals surface area contributed by atoms with Gasteiger partial charge in [-0.25, -0.2) is 0 Å². The first kappa shape index (κ1) is 9.08. The lowest BCUT2D eigenvalue weighted by Crippen LogP contribution is -2.04. The van der Waals surface area contributed by atoms with Crippen molar-refractivity contribution in [2.24, 2.45) is 0 Å². The number of nitrogens with zero attached hydrogens (tertiary/aromatic N) is 3. The highest BCUT2D eigenvalue weighted by Crippen LogP contribution is 2.05. The highest BCUT2D eigenvalue weighted by Gasteiger charge is 1.96. The van der Waals surface area contributed by atoms with Crippen LogP contribution in [0.2, 0.25) is 0 Å². The maximum atomic E-state index is 3.79. The quantitative estimate of drug-likeness (QED) is 0.825. The Morgan fingerprint density at radius 3 is 2.79 bits per heavy atom. The molecule has 72 valence electrons. The Balaban J connectivity index is 1.79. The number of hydrogen-bond donors (Lipinski definition) is 1. The summed E-state index contributed by atoms with van der Waals surface area (Å²) < 4.78 is 3.67. The maximum absolute atomic E-state index is 3.79. The van der Waals surface area contributed by atoms with Crippen molar-refractivity contribution in [1.82, 2.24) is 14.8 Å². The Kier molecular flexibility index (Phi) is 3.03. The standard InChI is InChI=1S/C9H10N4S/c1-2-4-8(5-3-1)6-7-10-9-11-12-13-14-9/h1-5H,6-7H2,(H,10,11,13). The molecule has 5 heteroatoms. The second kappa shape index (κ2) is 4.66. The van der Waals surface area contributed by atoms with Gasteiger partial charge in [-0.05, 0) is 17.2 Å². The van der Waals surface area contributed by atoms with E-state index in [4.69, 9.17) is 0 Å². The van der Waals surface area contributed by atoms with Gasteiger partial charge in [-0.15, -0.1) is 0 Å². The first-order valence-corrected chi connectivity index (χ1v) is 5.15. The Bertz CT molecular complexity index is 360. The van der Waals surface area contributed by atoms with Gasteiger partial charge in [-0.1, -0.05) is 39.9 Å². The lowest BCUT2D eigenvalue weighted by atomic mass is 10.2. The lowest BCUT2D eigenvalue weighted by molar-refractivity contribution is 0.941. The highest BCUT2D eigenvalue weighted by atomic mass is 32.1. The normalized spacial score (nSPS) is 10.0. The first-order valence-electron chi connectivity index (χ1n) is 4.38. The van der Waals surface area contributed by atoms with Crippen LogP contribution in [-0.2, 0) is 6.42 Å². The van der Waals surface area contributed by atoms with Crippen LogP contribution >= 0.6 is 11.5 Å². The molecular weight excluding hydrogens is 196 g/mol. The van der Waals surface area contributed by atoms with Crippen LogP contribution in [0.15, 0.2) is 30.3 Å². The van der Waals surface area contributed by atoms with E-state index in [1.54, 1.807) is 0 Å². The second-order valence-corrected chi connectivity index (χ2v) is 3.56. The van der Waals surface area contributed by atoms with E-state index in [2.05, 4.69) is 32.2 Å². The SMILES string of the molecule is c1ccc(CCNc2nnns2)cc1. The fourth-order valence-corrected chi connectivity index (χ4v) is 1.55. The molecular formula is C9H10N4S. The van der Waals surface area contributed by atoms with Crippen molar-refractivity contribution < 1.29 is 0 Å². The van der Waals surface area contributed by atoms with Gasteiger partial charge >= 0.3 is 0 Å². The van der Waals surface area contributed by atoms with E-state index in [1.165, 1.54) is 17.1 Å². The molecule has 0 aliphatic heterocycles. The van der Waals surface area contributed by atoms with E-state index >= 15 is 0 Å². The zero-order chi connectivity index (χ0) is 9.64.